The average Bonchev–Trinajstić information content (AvgIpc) is 2.58. The number of nitro benzene ring substituents is 1. The molecule has 7 heteroatoms. The van der Waals surface area contributed by atoms with E-state index < -0.39 is 10.9 Å². The van der Waals surface area contributed by atoms with Crippen molar-refractivity contribution in [3.63, 3.8) is 0 Å². The van der Waals surface area contributed by atoms with Crippen molar-refractivity contribution in [1.29, 1.82) is 0 Å². The molecular weight excluding hydrogens is 248 g/mol. The minimum absolute atomic E-state index is 0.0452. The second kappa shape index (κ2) is 3.74. The standard InChI is InChI=1S/C10H7ClN2O4/c1-12-8(10(14)15)4-5-6(11)2-3-7(9(5)12)13(16)17/h2-4H,1H3,(H,14,15). The number of carboxylic acid groups (broad SMARTS) is 1. The quantitative estimate of drug-likeness (QED) is 0.659. The molecule has 6 nitrogen and oxygen atoms in total. The number of nitro groups is 1. The SMILES string of the molecule is Cn1c(C(=O)O)cc2c(Cl)ccc([N+](=O)[O-])c21. The molecular formula is C10H7ClN2O4. The van der Waals surface area contributed by atoms with Crippen molar-refractivity contribution in [3.8, 4) is 0 Å². The number of halogens is 1. The Bertz CT molecular complexity index is 647. The third-order valence-corrected chi connectivity index (χ3v) is 2.87. The molecule has 0 fully saturated rings. The van der Waals surface area contributed by atoms with Crippen LogP contribution in [0, 0.1) is 10.1 Å². The van der Waals surface area contributed by atoms with E-state index in [9.17, 15) is 14.9 Å². The zero-order chi connectivity index (χ0) is 12.7. The Morgan fingerprint density at radius 1 is 1.53 bits per heavy atom. The van der Waals surface area contributed by atoms with Gasteiger partial charge < -0.3 is 9.67 Å². The van der Waals surface area contributed by atoms with Gasteiger partial charge in [0.05, 0.1) is 9.95 Å². The lowest BCUT2D eigenvalue weighted by molar-refractivity contribution is -0.383. The molecule has 0 radical (unpaired) electrons. The van der Waals surface area contributed by atoms with E-state index in [1.165, 1.54) is 29.8 Å². The van der Waals surface area contributed by atoms with Gasteiger partial charge in [-0.3, -0.25) is 10.1 Å². The third-order valence-electron chi connectivity index (χ3n) is 2.54. The van der Waals surface area contributed by atoms with Crippen molar-refractivity contribution in [2.75, 3.05) is 0 Å². The number of non-ortho nitro benzene ring substituents is 1. The van der Waals surface area contributed by atoms with E-state index in [0.717, 1.165) is 0 Å². The Kier molecular flexibility index (Phi) is 2.51. The highest BCUT2D eigenvalue weighted by Gasteiger charge is 2.21. The van der Waals surface area contributed by atoms with Crippen LogP contribution in [-0.2, 0) is 7.05 Å². The van der Waals surface area contributed by atoms with Crippen molar-refractivity contribution >= 4 is 34.2 Å². The molecule has 0 unspecified atom stereocenters. The van der Waals surface area contributed by atoms with E-state index in [4.69, 9.17) is 16.7 Å². The Morgan fingerprint density at radius 3 is 2.71 bits per heavy atom. The van der Waals surface area contributed by atoms with Crippen molar-refractivity contribution in [3.05, 3.63) is 39.0 Å². The molecule has 0 bridgehead atoms. The largest absolute Gasteiger partial charge is 0.477 e. The van der Waals surface area contributed by atoms with Gasteiger partial charge in [0.15, 0.2) is 0 Å². The van der Waals surface area contributed by atoms with Gasteiger partial charge in [-0.05, 0) is 12.1 Å². The van der Waals surface area contributed by atoms with Crippen LogP contribution in [0.15, 0.2) is 18.2 Å². The number of hydrogen-bond donors (Lipinski definition) is 1. The van der Waals surface area contributed by atoms with Crippen LogP contribution in [0.2, 0.25) is 5.02 Å². The Hall–Kier alpha value is -2.08. The first-order valence-corrected chi connectivity index (χ1v) is 4.97. The fourth-order valence-electron chi connectivity index (χ4n) is 1.77. The first-order valence-electron chi connectivity index (χ1n) is 4.59. The lowest BCUT2D eigenvalue weighted by Gasteiger charge is -2.01. The summed E-state index contributed by atoms with van der Waals surface area (Å²) in [6, 6.07) is 3.97. The molecule has 0 saturated carbocycles. The zero-order valence-corrected chi connectivity index (χ0v) is 9.43. The van der Waals surface area contributed by atoms with Gasteiger partial charge in [-0.1, -0.05) is 11.6 Å². The molecule has 1 aromatic carbocycles. The average molecular weight is 255 g/mol. The molecule has 1 aromatic heterocycles. The molecule has 0 atom stereocenters. The van der Waals surface area contributed by atoms with E-state index in [1.54, 1.807) is 0 Å². The van der Waals surface area contributed by atoms with Crippen LogP contribution >= 0.6 is 11.6 Å². The fourth-order valence-corrected chi connectivity index (χ4v) is 1.98. The molecule has 0 saturated heterocycles. The maximum Gasteiger partial charge on any atom is 0.352 e. The number of nitrogens with zero attached hydrogens (tertiary/aromatic N) is 2. The summed E-state index contributed by atoms with van der Waals surface area (Å²) in [5.74, 6) is -1.16. The second-order valence-corrected chi connectivity index (χ2v) is 3.89. The number of hydrogen-bond acceptors (Lipinski definition) is 3. The summed E-state index contributed by atoms with van der Waals surface area (Å²) in [4.78, 5) is 21.2. The van der Waals surface area contributed by atoms with Gasteiger partial charge in [0, 0.05) is 18.5 Å². The monoisotopic (exact) mass is 254 g/mol. The molecule has 0 aliphatic rings. The van der Waals surface area contributed by atoms with Gasteiger partial charge in [-0.15, -0.1) is 0 Å². The Labute approximate surface area is 100 Å². The summed E-state index contributed by atoms with van der Waals surface area (Å²) in [6.07, 6.45) is 0. The van der Waals surface area contributed by atoms with Crippen molar-refractivity contribution < 1.29 is 14.8 Å². The number of benzene rings is 1. The number of carboxylic acids is 1. The van der Waals surface area contributed by atoms with Crippen LogP contribution in [0.1, 0.15) is 10.5 Å². The van der Waals surface area contributed by atoms with Crippen LogP contribution in [0.4, 0.5) is 5.69 Å². The summed E-state index contributed by atoms with van der Waals surface area (Å²) in [6.45, 7) is 0. The summed E-state index contributed by atoms with van der Waals surface area (Å²) in [7, 11) is 1.45. The second-order valence-electron chi connectivity index (χ2n) is 3.48. The number of carbonyl (C=O) groups is 1. The summed E-state index contributed by atoms with van der Waals surface area (Å²) >= 11 is 5.89. The van der Waals surface area contributed by atoms with Crippen molar-refractivity contribution in [1.82, 2.24) is 4.57 Å². The van der Waals surface area contributed by atoms with Crippen LogP contribution in [-0.4, -0.2) is 20.6 Å². The number of aryl methyl sites for hydroxylation is 1. The number of aromatic carboxylic acids is 1. The van der Waals surface area contributed by atoms with Gasteiger partial charge in [0.25, 0.3) is 5.69 Å². The predicted octanol–water partition coefficient (Wildman–Crippen LogP) is 2.44. The first-order chi connectivity index (χ1) is 7.93. The maximum absolute atomic E-state index is 11.0. The van der Waals surface area contributed by atoms with Crippen molar-refractivity contribution in [2.24, 2.45) is 7.05 Å². The van der Waals surface area contributed by atoms with E-state index in [1.807, 2.05) is 0 Å². The highest BCUT2D eigenvalue weighted by atomic mass is 35.5. The normalized spacial score (nSPS) is 10.7. The van der Waals surface area contributed by atoms with Gasteiger partial charge in [-0.2, -0.15) is 0 Å². The van der Waals surface area contributed by atoms with E-state index in [0.29, 0.717) is 5.39 Å². The van der Waals surface area contributed by atoms with Gasteiger partial charge >= 0.3 is 5.97 Å². The molecule has 17 heavy (non-hydrogen) atoms. The molecule has 1 heterocycles. The van der Waals surface area contributed by atoms with Crippen LogP contribution in [0.5, 0.6) is 0 Å². The molecule has 0 aliphatic heterocycles. The summed E-state index contributed by atoms with van der Waals surface area (Å²) in [5.41, 5.74) is -0.00417. The minimum atomic E-state index is -1.16. The lowest BCUT2D eigenvalue weighted by atomic mass is 10.2. The van der Waals surface area contributed by atoms with Gasteiger partial charge in [-0.25, -0.2) is 4.79 Å². The number of rotatable bonds is 2. The van der Waals surface area contributed by atoms with Gasteiger partial charge in [0.1, 0.15) is 11.2 Å². The predicted molar refractivity (Wildman–Crippen MR) is 61.5 cm³/mol. The lowest BCUT2D eigenvalue weighted by Crippen LogP contribution is -2.04. The van der Waals surface area contributed by atoms with Gasteiger partial charge in [0.2, 0.25) is 0 Å². The zero-order valence-electron chi connectivity index (χ0n) is 8.68. The minimum Gasteiger partial charge on any atom is -0.477 e. The molecule has 2 aromatic rings. The summed E-state index contributed by atoms with van der Waals surface area (Å²) in [5, 5.41) is 20.5. The maximum atomic E-state index is 11.0. The Morgan fingerprint density at radius 2 is 2.18 bits per heavy atom. The molecule has 1 N–H and O–H groups in total. The highest BCUT2D eigenvalue weighted by molar-refractivity contribution is 6.36. The molecule has 0 spiro atoms. The van der Waals surface area contributed by atoms with Crippen molar-refractivity contribution in [2.45, 2.75) is 0 Å². The van der Waals surface area contributed by atoms with Crippen LogP contribution in [0.25, 0.3) is 10.9 Å². The molecule has 0 amide bonds. The smallest absolute Gasteiger partial charge is 0.352 e. The Balaban J connectivity index is 2.94. The number of aromatic nitrogens is 1. The summed E-state index contributed by atoms with van der Waals surface area (Å²) < 4.78 is 1.25. The van der Waals surface area contributed by atoms with E-state index in [2.05, 4.69) is 0 Å². The third kappa shape index (κ3) is 1.62. The first kappa shape index (κ1) is 11.4. The van der Waals surface area contributed by atoms with E-state index >= 15 is 0 Å². The van der Waals surface area contributed by atoms with E-state index in [-0.39, 0.29) is 21.9 Å². The molecule has 2 rings (SSSR count). The number of fused-ring (bicyclic) bond motifs is 1. The fraction of sp³-hybridized carbons (Fsp3) is 0.100. The highest BCUT2D eigenvalue weighted by Crippen LogP contribution is 2.33. The topological polar surface area (TPSA) is 85.4 Å². The molecule has 0 aliphatic carbocycles. The van der Waals surface area contributed by atoms with Crippen LogP contribution in [0.3, 0.4) is 0 Å². The van der Waals surface area contributed by atoms with Crippen LogP contribution < -0.4 is 0 Å². The molecule has 88 valence electrons.